The van der Waals surface area contributed by atoms with Crippen LogP contribution in [0, 0.1) is 0 Å². The van der Waals surface area contributed by atoms with Gasteiger partial charge in [0, 0.05) is 31.3 Å². The average Bonchev–Trinajstić information content (AvgIpc) is 2.17. The third-order valence-electron chi connectivity index (χ3n) is 2.62. The van der Waals surface area contributed by atoms with Gasteiger partial charge in [0.1, 0.15) is 0 Å². The van der Waals surface area contributed by atoms with Gasteiger partial charge in [0.25, 0.3) is 0 Å². The zero-order chi connectivity index (χ0) is 9.26. The lowest BCUT2D eigenvalue weighted by Gasteiger charge is -2.26. The van der Waals surface area contributed by atoms with E-state index < -0.39 is 0 Å². The molecule has 0 amide bonds. The second kappa shape index (κ2) is 3.34. The predicted octanol–water partition coefficient (Wildman–Crippen LogP) is 0.753. The lowest BCUT2D eigenvalue weighted by atomic mass is 10.1. The van der Waals surface area contributed by atoms with E-state index in [0.717, 1.165) is 31.7 Å². The van der Waals surface area contributed by atoms with E-state index in [0.29, 0.717) is 0 Å². The number of hydrogen-bond donors (Lipinski definition) is 1. The van der Waals surface area contributed by atoms with Gasteiger partial charge in [0.15, 0.2) is 0 Å². The van der Waals surface area contributed by atoms with Crippen LogP contribution in [0.25, 0.3) is 0 Å². The molecule has 0 saturated carbocycles. The molecule has 3 nitrogen and oxygen atoms in total. The summed E-state index contributed by atoms with van der Waals surface area (Å²) in [6.45, 7) is 5.28. The monoisotopic (exact) mass is 178 g/mol. The van der Waals surface area contributed by atoms with Crippen molar-refractivity contribution >= 4 is 0 Å². The molecule has 1 aliphatic rings. The summed E-state index contributed by atoms with van der Waals surface area (Å²) < 4.78 is 0. The molecule has 0 radical (unpaired) electrons. The fraction of sp³-hybridized carbons (Fsp3) is 0.500. The SMILES string of the molecule is CCN1CCc2[nH]c(=O)ccc2C1. The highest BCUT2D eigenvalue weighted by molar-refractivity contribution is 5.22. The molecule has 1 N–H and O–H groups in total. The first-order chi connectivity index (χ1) is 6.29. The first-order valence-electron chi connectivity index (χ1n) is 4.73. The molecule has 3 heteroatoms. The molecule has 1 aromatic heterocycles. The highest BCUT2D eigenvalue weighted by atomic mass is 16.1. The fourth-order valence-corrected chi connectivity index (χ4v) is 1.78. The highest BCUT2D eigenvalue weighted by Gasteiger charge is 2.14. The van der Waals surface area contributed by atoms with E-state index in [1.807, 2.05) is 6.07 Å². The number of pyridine rings is 1. The zero-order valence-corrected chi connectivity index (χ0v) is 7.84. The molecular weight excluding hydrogens is 164 g/mol. The molecule has 1 aromatic rings. The Labute approximate surface area is 77.4 Å². The van der Waals surface area contributed by atoms with Crippen LogP contribution < -0.4 is 5.56 Å². The van der Waals surface area contributed by atoms with Gasteiger partial charge in [-0.25, -0.2) is 0 Å². The Bertz CT molecular complexity index is 356. The molecule has 13 heavy (non-hydrogen) atoms. The van der Waals surface area contributed by atoms with Crippen molar-refractivity contribution in [3.05, 3.63) is 33.7 Å². The summed E-state index contributed by atoms with van der Waals surface area (Å²) in [7, 11) is 0. The normalized spacial score (nSPS) is 17.0. The Kier molecular flexibility index (Phi) is 2.19. The van der Waals surface area contributed by atoms with Crippen LogP contribution in [0.15, 0.2) is 16.9 Å². The van der Waals surface area contributed by atoms with Gasteiger partial charge in [-0.2, -0.15) is 0 Å². The predicted molar refractivity (Wildman–Crippen MR) is 51.7 cm³/mol. The van der Waals surface area contributed by atoms with Crippen LogP contribution in [0.5, 0.6) is 0 Å². The van der Waals surface area contributed by atoms with Crippen LogP contribution in [0.4, 0.5) is 0 Å². The van der Waals surface area contributed by atoms with Crippen molar-refractivity contribution in [1.29, 1.82) is 0 Å². The van der Waals surface area contributed by atoms with Crippen LogP contribution in [0.1, 0.15) is 18.2 Å². The van der Waals surface area contributed by atoms with Gasteiger partial charge in [-0.05, 0) is 12.1 Å². The lowest BCUT2D eigenvalue weighted by Crippen LogP contribution is -2.31. The molecular formula is C10H14N2O. The van der Waals surface area contributed by atoms with Gasteiger partial charge < -0.3 is 4.98 Å². The lowest BCUT2D eigenvalue weighted by molar-refractivity contribution is 0.265. The van der Waals surface area contributed by atoms with E-state index in [1.54, 1.807) is 6.07 Å². The van der Waals surface area contributed by atoms with Crippen molar-refractivity contribution in [3.63, 3.8) is 0 Å². The number of aromatic amines is 1. The van der Waals surface area contributed by atoms with Crippen LogP contribution in [-0.4, -0.2) is 23.0 Å². The van der Waals surface area contributed by atoms with Gasteiger partial charge in [-0.15, -0.1) is 0 Å². The topological polar surface area (TPSA) is 36.1 Å². The van der Waals surface area contributed by atoms with Gasteiger partial charge in [0.2, 0.25) is 5.56 Å². The Morgan fingerprint density at radius 1 is 1.54 bits per heavy atom. The Morgan fingerprint density at radius 3 is 3.15 bits per heavy atom. The summed E-state index contributed by atoms with van der Waals surface area (Å²) in [4.78, 5) is 16.3. The van der Waals surface area contributed by atoms with E-state index in [1.165, 1.54) is 5.56 Å². The number of fused-ring (bicyclic) bond motifs is 1. The molecule has 0 saturated heterocycles. The third kappa shape index (κ3) is 1.65. The molecule has 2 heterocycles. The van der Waals surface area contributed by atoms with Crippen molar-refractivity contribution < 1.29 is 0 Å². The minimum absolute atomic E-state index is 0.0173. The van der Waals surface area contributed by atoms with E-state index >= 15 is 0 Å². The molecule has 0 unspecified atom stereocenters. The molecule has 1 aliphatic heterocycles. The van der Waals surface area contributed by atoms with Crippen molar-refractivity contribution in [2.75, 3.05) is 13.1 Å². The molecule has 0 aliphatic carbocycles. The number of likely N-dealkylation sites (N-methyl/N-ethyl adjacent to an activating group) is 1. The fourth-order valence-electron chi connectivity index (χ4n) is 1.78. The first-order valence-corrected chi connectivity index (χ1v) is 4.73. The molecule has 0 bridgehead atoms. The standard InChI is InChI=1S/C10H14N2O/c1-2-12-6-5-9-8(7-12)3-4-10(13)11-9/h3-4H,2,5-7H2,1H3,(H,11,13). The van der Waals surface area contributed by atoms with Gasteiger partial charge in [-0.1, -0.05) is 13.0 Å². The second-order valence-corrected chi connectivity index (χ2v) is 3.45. The molecule has 0 fully saturated rings. The second-order valence-electron chi connectivity index (χ2n) is 3.45. The maximum absolute atomic E-state index is 11.0. The first kappa shape index (κ1) is 8.51. The Balaban J connectivity index is 2.31. The summed E-state index contributed by atoms with van der Waals surface area (Å²) in [5.74, 6) is 0. The molecule has 2 rings (SSSR count). The van der Waals surface area contributed by atoms with Crippen LogP contribution in [-0.2, 0) is 13.0 Å². The maximum Gasteiger partial charge on any atom is 0.248 e. The van der Waals surface area contributed by atoms with Gasteiger partial charge >= 0.3 is 0 Å². The van der Waals surface area contributed by atoms with Crippen molar-refractivity contribution in [2.45, 2.75) is 19.9 Å². The number of hydrogen-bond acceptors (Lipinski definition) is 2. The van der Waals surface area contributed by atoms with E-state index in [-0.39, 0.29) is 5.56 Å². The largest absolute Gasteiger partial charge is 0.326 e. The quantitative estimate of drug-likeness (QED) is 0.689. The summed E-state index contributed by atoms with van der Waals surface area (Å²) >= 11 is 0. The van der Waals surface area contributed by atoms with E-state index in [4.69, 9.17) is 0 Å². The highest BCUT2D eigenvalue weighted by Crippen LogP contribution is 2.14. The summed E-state index contributed by atoms with van der Waals surface area (Å²) in [6, 6.07) is 3.55. The van der Waals surface area contributed by atoms with Crippen molar-refractivity contribution in [3.8, 4) is 0 Å². The third-order valence-corrected chi connectivity index (χ3v) is 2.62. The molecule has 0 aromatic carbocycles. The average molecular weight is 178 g/mol. The van der Waals surface area contributed by atoms with Gasteiger partial charge in [0.05, 0.1) is 0 Å². The summed E-state index contributed by atoms with van der Waals surface area (Å²) in [5, 5.41) is 0. The zero-order valence-electron chi connectivity index (χ0n) is 7.84. The van der Waals surface area contributed by atoms with Crippen LogP contribution in [0.3, 0.4) is 0 Å². The summed E-state index contributed by atoms with van der Waals surface area (Å²) in [5.41, 5.74) is 2.41. The van der Waals surface area contributed by atoms with E-state index in [9.17, 15) is 4.79 Å². The van der Waals surface area contributed by atoms with Gasteiger partial charge in [-0.3, -0.25) is 9.69 Å². The maximum atomic E-state index is 11.0. The minimum Gasteiger partial charge on any atom is -0.326 e. The Morgan fingerprint density at radius 2 is 2.38 bits per heavy atom. The smallest absolute Gasteiger partial charge is 0.248 e. The minimum atomic E-state index is 0.0173. The van der Waals surface area contributed by atoms with Crippen LogP contribution in [0.2, 0.25) is 0 Å². The molecule has 0 spiro atoms. The number of H-pyrrole nitrogens is 1. The van der Waals surface area contributed by atoms with Crippen LogP contribution >= 0.6 is 0 Å². The number of nitrogens with zero attached hydrogens (tertiary/aromatic N) is 1. The van der Waals surface area contributed by atoms with E-state index in [2.05, 4.69) is 16.8 Å². The van der Waals surface area contributed by atoms with Crippen molar-refractivity contribution in [1.82, 2.24) is 9.88 Å². The summed E-state index contributed by atoms with van der Waals surface area (Å²) in [6.07, 6.45) is 0.971. The molecule has 70 valence electrons. The number of aromatic nitrogens is 1. The Hall–Kier alpha value is -1.09. The number of nitrogens with one attached hydrogen (secondary N) is 1. The van der Waals surface area contributed by atoms with Crippen molar-refractivity contribution in [2.24, 2.45) is 0 Å². The molecule has 0 atom stereocenters. The number of rotatable bonds is 1.